The highest BCUT2D eigenvalue weighted by Crippen LogP contribution is 2.31. The van der Waals surface area contributed by atoms with Crippen LogP contribution < -0.4 is 11.1 Å². The number of benzene rings is 3. The Balaban J connectivity index is 1.37. The number of imidazole rings is 1. The molecule has 3 N–H and O–H groups in total. The number of nitrogens with two attached hydrogens (primary N) is 1. The summed E-state index contributed by atoms with van der Waals surface area (Å²) in [5, 5.41) is 2.99. The van der Waals surface area contributed by atoms with Crippen LogP contribution in [0.4, 0.5) is 13.2 Å². The largest absolute Gasteiger partial charge is 0.366 e. The highest BCUT2D eigenvalue weighted by atomic mass is 19.1. The molecule has 212 valence electrons. The first-order valence-electron chi connectivity index (χ1n) is 13.5. The highest BCUT2D eigenvalue weighted by Gasteiger charge is 2.25. The van der Waals surface area contributed by atoms with Gasteiger partial charge in [-0.25, -0.2) is 18.2 Å². The van der Waals surface area contributed by atoms with Crippen LogP contribution >= 0.6 is 0 Å². The molecule has 3 heterocycles. The minimum Gasteiger partial charge on any atom is -0.366 e. The molecule has 0 radical (unpaired) electrons. The smallest absolute Gasteiger partial charge is 0.251 e. The monoisotopic (exact) mass is 569 g/mol. The number of rotatable bonds is 8. The van der Waals surface area contributed by atoms with Gasteiger partial charge in [-0.15, -0.1) is 0 Å². The molecule has 0 saturated carbocycles. The third kappa shape index (κ3) is 5.35. The van der Waals surface area contributed by atoms with E-state index in [1.165, 1.54) is 36.0 Å². The van der Waals surface area contributed by atoms with Crippen LogP contribution in [0.2, 0.25) is 0 Å². The quantitative estimate of drug-likeness (QED) is 0.268. The predicted octanol–water partition coefficient (Wildman–Crippen LogP) is 5.20. The van der Waals surface area contributed by atoms with E-state index in [0.29, 0.717) is 28.2 Å². The van der Waals surface area contributed by atoms with Crippen molar-refractivity contribution in [1.29, 1.82) is 0 Å². The van der Waals surface area contributed by atoms with Gasteiger partial charge in [-0.3, -0.25) is 14.6 Å². The topological polar surface area (TPSA) is 103 Å². The number of aromatic nitrogens is 3. The van der Waals surface area contributed by atoms with Gasteiger partial charge in [-0.2, -0.15) is 0 Å². The van der Waals surface area contributed by atoms with Gasteiger partial charge in [0.1, 0.15) is 23.3 Å². The number of halogens is 3. The fourth-order valence-corrected chi connectivity index (χ4v) is 5.70. The summed E-state index contributed by atoms with van der Waals surface area (Å²) in [6.45, 7) is 0.749. The first-order chi connectivity index (χ1) is 20.3. The molecule has 5 aromatic rings. The molecule has 2 aromatic heterocycles. The molecule has 0 aliphatic carbocycles. The van der Waals surface area contributed by atoms with Crippen LogP contribution in [0.1, 0.15) is 45.5 Å². The van der Waals surface area contributed by atoms with Crippen LogP contribution in [-0.2, 0) is 30.6 Å². The van der Waals surface area contributed by atoms with E-state index >= 15 is 0 Å². The molecule has 0 saturated heterocycles. The molecule has 42 heavy (non-hydrogen) atoms. The van der Waals surface area contributed by atoms with Crippen LogP contribution in [0.25, 0.3) is 22.2 Å². The zero-order valence-corrected chi connectivity index (χ0v) is 22.4. The molecule has 0 bridgehead atoms. The van der Waals surface area contributed by atoms with Gasteiger partial charge in [-0.05, 0) is 72.4 Å². The van der Waals surface area contributed by atoms with E-state index in [-0.39, 0.29) is 24.3 Å². The van der Waals surface area contributed by atoms with E-state index in [0.717, 1.165) is 42.6 Å². The van der Waals surface area contributed by atoms with Crippen molar-refractivity contribution in [3.63, 3.8) is 0 Å². The molecule has 10 heteroatoms. The summed E-state index contributed by atoms with van der Waals surface area (Å²) in [6.07, 6.45) is 3.40. The number of carbonyl (C=O) groups is 2. The Kier molecular flexibility index (Phi) is 7.20. The number of pyridine rings is 1. The highest BCUT2D eigenvalue weighted by molar-refractivity contribution is 5.94. The summed E-state index contributed by atoms with van der Waals surface area (Å²) >= 11 is 0. The second-order valence-corrected chi connectivity index (χ2v) is 10.3. The normalized spacial score (nSPS) is 13.2. The van der Waals surface area contributed by atoms with Gasteiger partial charge in [0.2, 0.25) is 5.91 Å². The van der Waals surface area contributed by atoms with Crippen molar-refractivity contribution in [2.24, 2.45) is 5.73 Å². The molecule has 1 aliphatic rings. The Morgan fingerprint density at radius 1 is 1.00 bits per heavy atom. The molecule has 1 atom stereocenters. The second kappa shape index (κ2) is 11.1. The minimum absolute atomic E-state index is 0.00880. The van der Waals surface area contributed by atoms with Crippen molar-refractivity contribution >= 4 is 22.8 Å². The Morgan fingerprint density at radius 3 is 2.60 bits per heavy atom. The summed E-state index contributed by atoms with van der Waals surface area (Å²) < 4.78 is 44.6. The maximum absolute atomic E-state index is 14.3. The van der Waals surface area contributed by atoms with Gasteiger partial charge in [0.05, 0.1) is 34.8 Å². The average Bonchev–Trinajstić information content (AvgIpc) is 3.31. The lowest BCUT2D eigenvalue weighted by atomic mass is 9.94. The molecular weight excluding hydrogens is 543 g/mol. The molecule has 0 fully saturated rings. The van der Waals surface area contributed by atoms with E-state index in [2.05, 4.69) is 20.9 Å². The molecule has 3 aromatic carbocycles. The number of hydrogen-bond acceptors (Lipinski definition) is 4. The van der Waals surface area contributed by atoms with Crippen LogP contribution in [0.3, 0.4) is 0 Å². The average molecular weight is 570 g/mol. The molecule has 1 aliphatic heterocycles. The lowest BCUT2D eigenvalue weighted by molar-refractivity contribution is -0.121. The second-order valence-electron chi connectivity index (χ2n) is 10.3. The van der Waals surface area contributed by atoms with E-state index in [1.807, 2.05) is 12.1 Å². The Morgan fingerprint density at radius 2 is 1.81 bits per heavy atom. The van der Waals surface area contributed by atoms with Gasteiger partial charge in [0.15, 0.2) is 0 Å². The molecule has 7 nitrogen and oxygen atoms in total. The Bertz CT molecular complexity index is 1830. The number of nitrogens with zero attached hydrogens (tertiary/aromatic N) is 3. The summed E-state index contributed by atoms with van der Waals surface area (Å²) in [4.78, 5) is 34.6. The van der Waals surface area contributed by atoms with Crippen molar-refractivity contribution in [2.45, 2.75) is 38.3 Å². The van der Waals surface area contributed by atoms with Crippen LogP contribution in [0, 0.1) is 17.5 Å². The van der Waals surface area contributed by atoms with Gasteiger partial charge >= 0.3 is 0 Å². The van der Waals surface area contributed by atoms with Crippen LogP contribution in [0.15, 0.2) is 72.9 Å². The number of primary amides is 1. The van der Waals surface area contributed by atoms with Gasteiger partial charge in [0, 0.05) is 24.4 Å². The Labute approximate surface area is 239 Å². The fourth-order valence-electron chi connectivity index (χ4n) is 5.70. The van der Waals surface area contributed by atoms with Gasteiger partial charge in [0.25, 0.3) is 5.91 Å². The SMILES string of the molecule is NC(=O)c1cc(-c2cccnc2C(Cc2cc(F)cc(F)c2)NC(=O)Cc2nc3cccc4c3n2CCC4)ccc1F. The number of nitrogens with one attached hydrogen (secondary N) is 1. The summed E-state index contributed by atoms with van der Waals surface area (Å²) in [5.74, 6) is -2.94. The maximum atomic E-state index is 14.3. The van der Waals surface area contributed by atoms with Crippen LogP contribution in [0.5, 0.6) is 0 Å². The number of aryl methyl sites for hydroxylation is 2. The van der Waals surface area contributed by atoms with Gasteiger partial charge in [-0.1, -0.05) is 24.3 Å². The molecular formula is C32H26F3N5O2. The zero-order chi connectivity index (χ0) is 29.4. The summed E-state index contributed by atoms with van der Waals surface area (Å²) in [6, 6.07) is 15.6. The molecule has 1 unspecified atom stereocenters. The number of hydrogen-bond donors (Lipinski definition) is 2. The van der Waals surface area contributed by atoms with E-state index in [1.54, 1.807) is 12.1 Å². The van der Waals surface area contributed by atoms with E-state index < -0.39 is 29.4 Å². The first kappa shape index (κ1) is 27.2. The van der Waals surface area contributed by atoms with Crippen molar-refractivity contribution in [3.8, 4) is 11.1 Å². The first-order valence-corrected chi connectivity index (χ1v) is 13.5. The van der Waals surface area contributed by atoms with Crippen molar-refractivity contribution in [3.05, 3.63) is 119 Å². The van der Waals surface area contributed by atoms with Gasteiger partial charge < -0.3 is 15.6 Å². The third-order valence-corrected chi connectivity index (χ3v) is 7.48. The maximum Gasteiger partial charge on any atom is 0.251 e. The molecule has 6 rings (SSSR count). The van der Waals surface area contributed by atoms with E-state index in [9.17, 15) is 22.8 Å². The molecule has 0 spiro atoms. The third-order valence-electron chi connectivity index (χ3n) is 7.48. The Hall–Kier alpha value is -4.99. The summed E-state index contributed by atoms with van der Waals surface area (Å²) in [7, 11) is 0. The zero-order valence-electron chi connectivity index (χ0n) is 22.4. The number of carbonyl (C=O) groups excluding carboxylic acids is 2. The minimum atomic E-state index is -0.931. The number of para-hydroxylation sites is 1. The summed E-state index contributed by atoms with van der Waals surface area (Å²) in [5.41, 5.74) is 9.73. The van der Waals surface area contributed by atoms with Crippen molar-refractivity contribution in [2.75, 3.05) is 0 Å². The fraction of sp³-hybridized carbons (Fsp3) is 0.188. The van der Waals surface area contributed by atoms with E-state index in [4.69, 9.17) is 10.7 Å². The number of amides is 2. The lowest BCUT2D eigenvalue weighted by Crippen LogP contribution is -2.33. The van der Waals surface area contributed by atoms with Crippen molar-refractivity contribution < 1.29 is 22.8 Å². The predicted molar refractivity (Wildman–Crippen MR) is 151 cm³/mol. The standard InChI is InChI=1S/C32H26F3N5O2/c33-21-12-18(13-22(34)16-21)14-27(30-23(6-2-10-37-30)20-8-9-25(35)24(15-20)32(36)42)39-29(41)17-28-38-26-7-1-4-19-5-3-11-40(28)31(19)26/h1-2,4,6-10,12-13,15-16,27H,3,5,11,14,17H2,(H2,36,42)(H,39,41). The van der Waals surface area contributed by atoms with Crippen molar-refractivity contribution in [1.82, 2.24) is 19.9 Å². The van der Waals surface area contributed by atoms with Crippen LogP contribution in [-0.4, -0.2) is 26.3 Å². The molecule has 2 amide bonds. The lowest BCUT2D eigenvalue weighted by Gasteiger charge is -2.22.